The molecule has 4 nitrogen and oxygen atoms in total. The summed E-state index contributed by atoms with van der Waals surface area (Å²) >= 11 is 1.46. The minimum Gasteiger partial charge on any atom is -0.223 e. The summed E-state index contributed by atoms with van der Waals surface area (Å²) in [6, 6.07) is 9.97. The quantitative estimate of drug-likeness (QED) is 0.739. The first-order valence-electron chi connectivity index (χ1n) is 4.42. The van der Waals surface area contributed by atoms with E-state index >= 15 is 0 Å². The lowest BCUT2D eigenvalue weighted by atomic mass is 10.2. The number of nitrogens with zero attached hydrogens (tertiary/aromatic N) is 4. The van der Waals surface area contributed by atoms with Crippen LogP contribution in [0, 0.1) is 0 Å². The molecular formula is C10H10N4S. The topological polar surface area (TPSA) is 43.6 Å². The molecule has 0 saturated carbocycles. The van der Waals surface area contributed by atoms with E-state index in [1.807, 2.05) is 30.3 Å². The lowest BCUT2D eigenvalue weighted by Crippen LogP contribution is -1.92. The minimum atomic E-state index is 0.740. The predicted molar refractivity (Wildman–Crippen MR) is 60.1 cm³/mol. The third-order valence-corrected chi connectivity index (χ3v) is 2.90. The molecule has 2 rings (SSSR count). The molecule has 0 bridgehead atoms. The van der Waals surface area contributed by atoms with E-state index in [0.29, 0.717) is 0 Å². The van der Waals surface area contributed by atoms with Gasteiger partial charge in [0.2, 0.25) is 5.16 Å². The normalized spacial score (nSPS) is 10.2. The molecule has 0 N–H and O–H groups in total. The minimum absolute atomic E-state index is 0.740. The largest absolute Gasteiger partial charge is 0.223 e. The molecule has 0 aliphatic rings. The Morgan fingerprint density at radius 2 is 2.07 bits per heavy atom. The first-order valence-corrected chi connectivity index (χ1v) is 5.23. The molecule has 0 spiro atoms. The van der Waals surface area contributed by atoms with Gasteiger partial charge in [-0.2, -0.15) is 0 Å². The maximum Gasteiger partial charge on any atom is 0.213 e. The lowest BCUT2D eigenvalue weighted by molar-refractivity contribution is 0.665. The zero-order valence-electron chi connectivity index (χ0n) is 8.29. The fraction of sp³-hybridized carbons (Fsp3) is 0.100. The fourth-order valence-corrected chi connectivity index (χ4v) is 1.82. The van der Waals surface area contributed by atoms with Crippen molar-refractivity contribution in [3.05, 3.63) is 42.5 Å². The number of aryl methyl sites for hydroxylation is 1. The zero-order chi connectivity index (χ0) is 10.7. The highest BCUT2D eigenvalue weighted by molar-refractivity contribution is 8.08. The second-order valence-electron chi connectivity index (χ2n) is 2.98. The maximum atomic E-state index is 4.00. The van der Waals surface area contributed by atoms with E-state index in [2.05, 4.69) is 22.1 Å². The maximum absolute atomic E-state index is 4.00. The van der Waals surface area contributed by atoms with Crippen LogP contribution in [0.2, 0.25) is 0 Å². The van der Waals surface area contributed by atoms with E-state index in [0.717, 1.165) is 15.6 Å². The molecule has 0 aliphatic carbocycles. The van der Waals surface area contributed by atoms with Gasteiger partial charge in [-0.15, -0.1) is 5.10 Å². The fourth-order valence-electron chi connectivity index (χ4n) is 1.10. The van der Waals surface area contributed by atoms with Gasteiger partial charge in [0.25, 0.3) is 0 Å². The first kappa shape index (κ1) is 9.92. The number of thioether (sulfide) groups is 1. The SMILES string of the molecule is C=C(Sc1nnnn1C)c1ccccc1. The van der Waals surface area contributed by atoms with Crippen molar-refractivity contribution in [1.29, 1.82) is 0 Å². The smallest absolute Gasteiger partial charge is 0.213 e. The van der Waals surface area contributed by atoms with Crippen LogP contribution in [-0.4, -0.2) is 20.2 Å². The molecule has 0 unspecified atom stereocenters. The van der Waals surface area contributed by atoms with Crippen molar-refractivity contribution in [3.63, 3.8) is 0 Å². The van der Waals surface area contributed by atoms with Crippen molar-refractivity contribution in [2.24, 2.45) is 7.05 Å². The van der Waals surface area contributed by atoms with Gasteiger partial charge in [0.1, 0.15) is 0 Å². The Labute approximate surface area is 92.0 Å². The van der Waals surface area contributed by atoms with Gasteiger partial charge in [-0.1, -0.05) is 36.9 Å². The molecule has 0 saturated heterocycles. The van der Waals surface area contributed by atoms with Crippen molar-refractivity contribution >= 4 is 16.7 Å². The second kappa shape index (κ2) is 4.27. The predicted octanol–water partition coefficient (Wildman–Crippen LogP) is 1.97. The van der Waals surface area contributed by atoms with Gasteiger partial charge in [-0.05, 0) is 27.8 Å². The summed E-state index contributed by atoms with van der Waals surface area (Å²) in [5.74, 6) is 0. The van der Waals surface area contributed by atoms with E-state index in [4.69, 9.17) is 0 Å². The van der Waals surface area contributed by atoms with Crippen LogP contribution < -0.4 is 0 Å². The van der Waals surface area contributed by atoms with Crippen molar-refractivity contribution in [3.8, 4) is 0 Å². The zero-order valence-corrected chi connectivity index (χ0v) is 9.11. The Hall–Kier alpha value is -1.62. The summed E-state index contributed by atoms with van der Waals surface area (Å²) in [6.07, 6.45) is 0. The van der Waals surface area contributed by atoms with Crippen LogP contribution in [0.25, 0.3) is 4.91 Å². The Bertz CT molecular complexity index is 463. The molecule has 76 valence electrons. The number of hydrogen-bond acceptors (Lipinski definition) is 4. The van der Waals surface area contributed by atoms with E-state index < -0.39 is 0 Å². The standard InChI is InChI=1S/C10H10N4S/c1-8(9-6-4-3-5-7-9)15-10-11-12-13-14(10)2/h3-7H,1H2,2H3. The molecule has 2 aromatic rings. The number of hydrogen-bond donors (Lipinski definition) is 0. The highest BCUT2D eigenvalue weighted by atomic mass is 32.2. The molecule has 5 heteroatoms. The molecule has 0 aliphatic heterocycles. The van der Waals surface area contributed by atoms with Crippen LogP contribution in [0.1, 0.15) is 5.56 Å². The van der Waals surface area contributed by atoms with Crippen LogP contribution >= 0.6 is 11.8 Å². The van der Waals surface area contributed by atoms with Crippen LogP contribution in [0.5, 0.6) is 0 Å². The van der Waals surface area contributed by atoms with Crippen molar-refractivity contribution in [2.45, 2.75) is 5.16 Å². The van der Waals surface area contributed by atoms with Gasteiger partial charge in [0.05, 0.1) is 0 Å². The van der Waals surface area contributed by atoms with Crippen LogP contribution in [0.3, 0.4) is 0 Å². The Morgan fingerprint density at radius 3 is 2.67 bits per heavy atom. The van der Waals surface area contributed by atoms with E-state index in [-0.39, 0.29) is 0 Å². The number of rotatable bonds is 3. The number of aromatic nitrogens is 4. The second-order valence-corrected chi connectivity index (χ2v) is 4.04. The highest BCUT2D eigenvalue weighted by Gasteiger charge is 2.06. The Balaban J connectivity index is 2.15. The molecule has 1 aromatic heterocycles. The summed E-state index contributed by atoms with van der Waals surface area (Å²) in [5.41, 5.74) is 1.09. The van der Waals surface area contributed by atoms with Crippen molar-refractivity contribution in [1.82, 2.24) is 20.2 Å². The molecule has 0 amide bonds. The summed E-state index contributed by atoms with van der Waals surface area (Å²) in [6.45, 7) is 4.00. The van der Waals surface area contributed by atoms with Crippen LogP contribution in [-0.2, 0) is 7.05 Å². The Kier molecular flexibility index (Phi) is 2.82. The third-order valence-electron chi connectivity index (χ3n) is 1.89. The van der Waals surface area contributed by atoms with Crippen LogP contribution in [0.4, 0.5) is 0 Å². The van der Waals surface area contributed by atoms with E-state index in [1.165, 1.54) is 11.8 Å². The highest BCUT2D eigenvalue weighted by Crippen LogP contribution is 2.30. The van der Waals surface area contributed by atoms with Gasteiger partial charge in [-0.25, -0.2) is 4.68 Å². The van der Waals surface area contributed by atoms with Gasteiger partial charge >= 0.3 is 0 Å². The molecule has 15 heavy (non-hydrogen) atoms. The lowest BCUT2D eigenvalue weighted by Gasteiger charge is -2.02. The van der Waals surface area contributed by atoms with E-state index in [9.17, 15) is 0 Å². The molecule has 1 heterocycles. The monoisotopic (exact) mass is 218 g/mol. The van der Waals surface area contributed by atoms with Gasteiger partial charge < -0.3 is 0 Å². The van der Waals surface area contributed by atoms with Crippen molar-refractivity contribution < 1.29 is 0 Å². The van der Waals surface area contributed by atoms with Crippen LogP contribution in [0.15, 0.2) is 42.1 Å². The molecule has 0 radical (unpaired) electrons. The van der Waals surface area contributed by atoms with Gasteiger partial charge in [0, 0.05) is 12.0 Å². The average Bonchev–Trinajstić information content (AvgIpc) is 2.66. The summed E-state index contributed by atoms with van der Waals surface area (Å²) < 4.78 is 1.62. The van der Waals surface area contributed by atoms with Crippen molar-refractivity contribution in [2.75, 3.05) is 0 Å². The third kappa shape index (κ3) is 2.24. The summed E-state index contributed by atoms with van der Waals surface area (Å²) in [4.78, 5) is 0.938. The summed E-state index contributed by atoms with van der Waals surface area (Å²) in [7, 11) is 1.81. The number of benzene rings is 1. The number of tetrazole rings is 1. The Morgan fingerprint density at radius 1 is 1.33 bits per heavy atom. The van der Waals surface area contributed by atoms with E-state index in [1.54, 1.807) is 11.7 Å². The van der Waals surface area contributed by atoms with Gasteiger partial charge in [-0.3, -0.25) is 0 Å². The molecule has 1 aromatic carbocycles. The molecule has 0 fully saturated rings. The molecule has 0 atom stereocenters. The first-order chi connectivity index (χ1) is 7.27. The average molecular weight is 218 g/mol. The summed E-state index contributed by atoms with van der Waals surface area (Å²) in [5, 5.41) is 12.0. The molecular weight excluding hydrogens is 208 g/mol. The van der Waals surface area contributed by atoms with Gasteiger partial charge in [0.15, 0.2) is 0 Å².